The Morgan fingerprint density at radius 1 is 1.71 bits per heavy atom. The van der Waals surface area contributed by atoms with Crippen molar-refractivity contribution in [3.8, 4) is 0 Å². The maximum Gasteiger partial charge on any atom is 0.325 e. The van der Waals surface area contributed by atoms with E-state index in [9.17, 15) is 4.79 Å². The van der Waals surface area contributed by atoms with E-state index in [4.69, 9.17) is 10.5 Å². The van der Waals surface area contributed by atoms with Crippen molar-refractivity contribution in [3.63, 3.8) is 0 Å². The molecule has 96 valence electrons. The molecule has 0 aliphatic carbocycles. The lowest BCUT2D eigenvalue weighted by Crippen LogP contribution is -2.46. The predicted octanol–water partition coefficient (Wildman–Crippen LogP) is 0.578. The maximum atomic E-state index is 11.5. The van der Waals surface area contributed by atoms with Crippen LogP contribution in [-0.4, -0.2) is 38.6 Å². The van der Waals surface area contributed by atoms with Crippen LogP contribution >= 0.6 is 11.8 Å². The summed E-state index contributed by atoms with van der Waals surface area (Å²) in [6.07, 6.45) is 2.17. The fourth-order valence-corrected chi connectivity index (χ4v) is 2.22. The molecule has 1 atom stereocenters. The summed E-state index contributed by atoms with van der Waals surface area (Å²) in [6, 6.07) is 0. The number of thioether (sulfide) groups is 1. The molecule has 0 aliphatic heterocycles. The van der Waals surface area contributed by atoms with Gasteiger partial charge < -0.3 is 15.0 Å². The maximum absolute atomic E-state index is 11.5. The van der Waals surface area contributed by atoms with Crippen molar-refractivity contribution in [3.05, 3.63) is 6.33 Å². The lowest BCUT2D eigenvalue weighted by atomic mass is 10.0. The summed E-state index contributed by atoms with van der Waals surface area (Å²) in [5.74, 6) is 0.330. The number of hydrogen-bond donors (Lipinski definition) is 1. The molecule has 7 heteroatoms. The van der Waals surface area contributed by atoms with Gasteiger partial charge in [0.15, 0.2) is 5.16 Å². The average molecular weight is 258 g/mol. The zero-order valence-corrected chi connectivity index (χ0v) is 11.2. The van der Waals surface area contributed by atoms with Gasteiger partial charge in [-0.25, -0.2) is 0 Å². The highest BCUT2D eigenvalue weighted by atomic mass is 32.2. The van der Waals surface area contributed by atoms with Crippen LogP contribution in [0.25, 0.3) is 0 Å². The lowest BCUT2D eigenvalue weighted by molar-refractivity contribution is -0.149. The Bertz CT molecular complexity index is 378. The predicted molar refractivity (Wildman–Crippen MR) is 65.6 cm³/mol. The van der Waals surface area contributed by atoms with Crippen molar-refractivity contribution in [1.29, 1.82) is 0 Å². The Labute approximate surface area is 105 Å². The summed E-state index contributed by atoms with van der Waals surface area (Å²) in [5.41, 5.74) is 4.95. The van der Waals surface area contributed by atoms with Crippen molar-refractivity contribution in [2.45, 2.75) is 31.0 Å². The first-order valence-electron chi connectivity index (χ1n) is 5.40. The molecule has 1 aromatic heterocycles. The topological polar surface area (TPSA) is 83.0 Å². The van der Waals surface area contributed by atoms with Gasteiger partial charge >= 0.3 is 5.97 Å². The highest BCUT2D eigenvalue weighted by molar-refractivity contribution is 7.99. The molecule has 2 N–H and O–H groups in total. The van der Waals surface area contributed by atoms with Crippen LogP contribution in [0.4, 0.5) is 0 Å². The summed E-state index contributed by atoms with van der Waals surface area (Å²) < 4.78 is 6.73. The van der Waals surface area contributed by atoms with Crippen LogP contribution < -0.4 is 5.73 Å². The van der Waals surface area contributed by atoms with Crippen LogP contribution in [-0.2, 0) is 16.6 Å². The number of hydrogen-bond acceptors (Lipinski definition) is 6. The number of carbonyl (C=O) groups is 1. The van der Waals surface area contributed by atoms with Gasteiger partial charge in [-0.3, -0.25) is 4.79 Å². The Balaban J connectivity index is 2.40. The molecule has 0 amide bonds. The third-order valence-electron chi connectivity index (χ3n) is 2.26. The largest absolute Gasteiger partial charge is 0.465 e. The van der Waals surface area contributed by atoms with E-state index in [2.05, 4.69) is 10.2 Å². The minimum Gasteiger partial charge on any atom is -0.465 e. The second kappa shape index (κ2) is 6.02. The van der Waals surface area contributed by atoms with Crippen LogP contribution in [0.3, 0.4) is 0 Å². The minimum absolute atomic E-state index is 0.349. The third kappa shape index (κ3) is 4.01. The molecule has 0 bridgehead atoms. The first-order chi connectivity index (χ1) is 7.97. The monoisotopic (exact) mass is 258 g/mol. The van der Waals surface area contributed by atoms with E-state index >= 15 is 0 Å². The SMILES string of the molecule is CCOC(=O)C(C)(N)CCSc1nncn1C. The zero-order valence-electron chi connectivity index (χ0n) is 10.3. The lowest BCUT2D eigenvalue weighted by Gasteiger charge is -2.21. The molecule has 0 fully saturated rings. The smallest absolute Gasteiger partial charge is 0.325 e. The van der Waals surface area contributed by atoms with Crippen molar-refractivity contribution >= 4 is 17.7 Å². The number of aromatic nitrogens is 3. The number of carbonyl (C=O) groups excluding carboxylic acids is 1. The normalized spacial score (nSPS) is 14.4. The molecule has 0 saturated carbocycles. The van der Waals surface area contributed by atoms with Crippen molar-refractivity contribution < 1.29 is 9.53 Å². The number of ether oxygens (including phenoxy) is 1. The summed E-state index contributed by atoms with van der Waals surface area (Å²) in [6.45, 7) is 3.80. The van der Waals surface area contributed by atoms with E-state index < -0.39 is 5.54 Å². The molecule has 1 heterocycles. The number of nitrogens with two attached hydrogens (primary N) is 1. The fraction of sp³-hybridized carbons (Fsp3) is 0.700. The Morgan fingerprint density at radius 3 is 2.94 bits per heavy atom. The Hall–Kier alpha value is -1.08. The quantitative estimate of drug-likeness (QED) is 0.593. The van der Waals surface area contributed by atoms with E-state index in [0.29, 0.717) is 18.8 Å². The van der Waals surface area contributed by atoms with Crippen molar-refractivity contribution in [2.24, 2.45) is 12.8 Å². The van der Waals surface area contributed by atoms with E-state index in [1.165, 1.54) is 11.8 Å². The highest BCUT2D eigenvalue weighted by Gasteiger charge is 2.29. The summed E-state index contributed by atoms with van der Waals surface area (Å²) in [4.78, 5) is 11.5. The Morgan fingerprint density at radius 2 is 2.41 bits per heavy atom. The van der Waals surface area contributed by atoms with Gasteiger partial charge in [0.1, 0.15) is 11.9 Å². The van der Waals surface area contributed by atoms with Crippen LogP contribution in [0, 0.1) is 0 Å². The number of esters is 1. The molecule has 0 radical (unpaired) electrons. The molecule has 0 aromatic carbocycles. The zero-order chi connectivity index (χ0) is 12.9. The van der Waals surface area contributed by atoms with Gasteiger partial charge in [-0.1, -0.05) is 11.8 Å². The molecule has 0 aliphatic rings. The second-order valence-corrected chi connectivity index (χ2v) is 5.02. The fourth-order valence-electron chi connectivity index (χ4n) is 1.16. The molecule has 1 rings (SSSR count). The first-order valence-corrected chi connectivity index (χ1v) is 6.39. The number of rotatable bonds is 6. The summed E-state index contributed by atoms with van der Waals surface area (Å²) in [7, 11) is 1.87. The molecule has 1 unspecified atom stereocenters. The number of aryl methyl sites for hydroxylation is 1. The molecule has 17 heavy (non-hydrogen) atoms. The second-order valence-electron chi connectivity index (χ2n) is 3.96. The van der Waals surface area contributed by atoms with Gasteiger partial charge in [0, 0.05) is 12.8 Å². The molecule has 0 saturated heterocycles. The first kappa shape index (κ1) is 14.0. The number of nitrogens with zero attached hydrogens (tertiary/aromatic N) is 3. The van der Waals surface area contributed by atoms with E-state index in [-0.39, 0.29) is 5.97 Å². The van der Waals surface area contributed by atoms with Crippen LogP contribution in [0.1, 0.15) is 20.3 Å². The van der Waals surface area contributed by atoms with Gasteiger partial charge in [-0.15, -0.1) is 10.2 Å². The van der Waals surface area contributed by atoms with E-state index in [0.717, 1.165) is 5.16 Å². The van der Waals surface area contributed by atoms with Crippen molar-refractivity contribution in [2.75, 3.05) is 12.4 Å². The van der Waals surface area contributed by atoms with E-state index in [1.54, 1.807) is 20.2 Å². The summed E-state index contributed by atoms with van der Waals surface area (Å²) >= 11 is 1.52. The molecule has 1 aromatic rings. The molecular formula is C10H18N4O2S. The molecule has 0 spiro atoms. The van der Waals surface area contributed by atoms with Gasteiger partial charge in [-0.05, 0) is 20.3 Å². The Kier molecular flexibility index (Phi) is 4.95. The molecular weight excluding hydrogens is 240 g/mol. The van der Waals surface area contributed by atoms with Gasteiger partial charge in [0.25, 0.3) is 0 Å². The van der Waals surface area contributed by atoms with Crippen LogP contribution in [0.15, 0.2) is 11.5 Å². The average Bonchev–Trinajstić information content (AvgIpc) is 2.65. The summed E-state index contributed by atoms with van der Waals surface area (Å²) in [5, 5.41) is 8.52. The van der Waals surface area contributed by atoms with E-state index in [1.807, 2.05) is 11.6 Å². The minimum atomic E-state index is -0.943. The molecule has 6 nitrogen and oxygen atoms in total. The van der Waals surface area contributed by atoms with Gasteiger partial charge in [-0.2, -0.15) is 0 Å². The highest BCUT2D eigenvalue weighted by Crippen LogP contribution is 2.19. The van der Waals surface area contributed by atoms with Crippen LogP contribution in [0.5, 0.6) is 0 Å². The van der Waals surface area contributed by atoms with Crippen LogP contribution in [0.2, 0.25) is 0 Å². The van der Waals surface area contributed by atoms with Crippen molar-refractivity contribution in [1.82, 2.24) is 14.8 Å². The van der Waals surface area contributed by atoms with Gasteiger partial charge in [0.05, 0.1) is 6.61 Å². The van der Waals surface area contributed by atoms with Gasteiger partial charge in [0.2, 0.25) is 0 Å². The third-order valence-corrected chi connectivity index (χ3v) is 3.30. The standard InChI is InChI=1S/C10H18N4O2S/c1-4-16-8(15)10(2,11)5-6-17-9-13-12-7-14(9)3/h7H,4-6,11H2,1-3H3.